The Kier molecular flexibility index (Phi) is 8.93. The van der Waals surface area contributed by atoms with E-state index in [0.717, 1.165) is 33.4 Å². The van der Waals surface area contributed by atoms with Gasteiger partial charge in [-0.15, -0.1) is 0 Å². The van der Waals surface area contributed by atoms with Crippen molar-refractivity contribution in [2.24, 2.45) is 0 Å². The van der Waals surface area contributed by atoms with Crippen LogP contribution in [0.5, 0.6) is 0 Å². The minimum atomic E-state index is 0.692. The van der Waals surface area contributed by atoms with Crippen molar-refractivity contribution in [3.8, 4) is 11.3 Å². The molecule has 0 amide bonds. The molecule has 33 heavy (non-hydrogen) atoms. The summed E-state index contributed by atoms with van der Waals surface area (Å²) >= 11 is 6.35. The van der Waals surface area contributed by atoms with Crippen molar-refractivity contribution in [3.63, 3.8) is 0 Å². The van der Waals surface area contributed by atoms with Crippen LogP contribution in [-0.4, -0.2) is 48.0 Å². The second-order valence-electron chi connectivity index (χ2n) is 8.55. The molecule has 174 valence electrons. The first-order chi connectivity index (χ1) is 15.9. The molecule has 0 aliphatic carbocycles. The molecule has 5 heteroatoms. The molecule has 1 aliphatic heterocycles. The third kappa shape index (κ3) is 6.83. The van der Waals surface area contributed by atoms with Gasteiger partial charge in [-0.25, -0.2) is 4.98 Å². The highest BCUT2D eigenvalue weighted by Gasteiger charge is 2.14. The standard InChI is InChI=1S/C17H13ClN2.C11H22N2/c1-2-11-3-8-14-15(18)10-16(20-17(14)9-11)12-4-6-13(19)7-5-12;1-4-5-6-11(2)13-9-7-12(3)8-10-13/h2-10H,1,19H2;2,4-10H2,1,3H3. The van der Waals surface area contributed by atoms with Gasteiger partial charge in [0, 0.05) is 48.5 Å². The molecule has 1 fully saturated rings. The molecule has 0 atom stereocenters. The number of hydrogen-bond donors (Lipinski definition) is 1. The average Bonchev–Trinajstić information content (AvgIpc) is 2.83. The molecule has 4 rings (SSSR count). The quantitative estimate of drug-likeness (QED) is 0.413. The molecule has 1 aliphatic rings. The number of likely N-dealkylation sites (N-methyl/N-ethyl adjacent to an activating group) is 1. The molecule has 1 saturated heterocycles. The number of unbranched alkanes of at least 4 members (excludes halogenated alkanes) is 1. The summed E-state index contributed by atoms with van der Waals surface area (Å²) in [5.41, 5.74) is 11.5. The summed E-state index contributed by atoms with van der Waals surface area (Å²) in [5, 5.41) is 1.63. The first kappa shape index (κ1) is 24.8. The number of nitrogens with two attached hydrogens (primary N) is 1. The maximum Gasteiger partial charge on any atom is 0.0730 e. The van der Waals surface area contributed by atoms with E-state index in [1.807, 2.05) is 48.5 Å². The fourth-order valence-electron chi connectivity index (χ4n) is 3.79. The molecular formula is C28H35ClN4. The molecule has 0 spiro atoms. The summed E-state index contributed by atoms with van der Waals surface area (Å²) in [4.78, 5) is 9.49. The van der Waals surface area contributed by atoms with Crippen molar-refractivity contribution in [2.75, 3.05) is 39.0 Å². The van der Waals surface area contributed by atoms with Crippen molar-refractivity contribution >= 4 is 34.3 Å². The number of hydrogen-bond acceptors (Lipinski definition) is 4. The molecule has 2 aromatic carbocycles. The Balaban J connectivity index is 0.000000205. The van der Waals surface area contributed by atoms with Crippen molar-refractivity contribution in [1.29, 1.82) is 0 Å². The first-order valence-corrected chi connectivity index (χ1v) is 12.0. The lowest BCUT2D eigenvalue weighted by molar-refractivity contribution is 0.182. The lowest BCUT2D eigenvalue weighted by Gasteiger charge is -2.35. The third-order valence-corrected chi connectivity index (χ3v) is 6.31. The van der Waals surface area contributed by atoms with Gasteiger partial charge >= 0.3 is 0 Å². The summed E-state index contributed by atoms with van der Waals surface area (Å²) in [7, 11) is 2.19. The zero-order valence-corrected chi connectivity index (χ0v) is 20.6. The van der Waals surface area contributed by atoms with Crippen molar-refractivity contribution in [2.45, 2.75) is 26.2 Å². The normalized spacial score (nSPS) is 14.0. The van der Waals surface area contributed by atoms with Crippen LogP contribution in [0.3, 0.4) is 0 Å². The summed E-state index contributed by atoms with van der Waals surface area (Å²) < 4.78 is 0. The minimum Gasteiger partial charge on any atom is -0.399 e. The number of allylic oxidation sites excluding steroid dienone is 1. The lowest BCUT2D eigenvalue weighted by atomic mass is 10.1. The molecule has 0 saturated carbocycles. The van der Waals surface area contributed by atoms with Crippen LogP contribution in [0.1, 0.15) is 31.7 Å². The fraction of sp³-hybridized carbons (Fsp3) is 0.321. The largest absolute Gasteiger partial charge is 0.399 e. The van der Waals surface area contributed by atoms with Crippen LogP contribution in [0.15, 0.2) is 67.4 Å². The topological polar surface area (TPSA) is 45.4 Å². The van der Waals surface area contributed by atoms with Gasteiger partial charge in [0.15, 0.2) is 0 Å². The van der Waals surface area contributed by atoms with E-state index in [1.54, 1.807) is 6.08 Å². The number of benzene rings is 2. The fourth-order valence-corrected chi connectivity index (χ4v) is 4.06. The highest BCUT2D eigenvalue weighted by molar-refractivity contribution is 6.35. The van der Waals surface area contributed by atoms with E-state index in [2.05, 4.69) is 41.9 Å². The molecule has 2 heterocycles. The monoisotopic (exact) mass is 462 g/mol. The predicted octanol–water partition coefficient (Wildman–Crippen LogP) is 6.72. The average molecular weight is 463 g/mol. The van der Waals surface area contributed by atoms with E-state index < -0.39 is 0 Å². The Morgan fingerprint density at radius 2 is 1.79 bits per heavy atom. The van der Waals surface area contributed by atoms with Crippen LogP contribution in [0.4, 0.5) is 5.69 Å². The molecule has 0 unspecified atom stereocenters. The minimum absolute atomic E-state index is 0.692. The zero-order chi connectivity index (χ0) is 23.8. The number of rotatable bonds is 6. The third-order valence-electron chi connectivity index (χ3n) is 5.99. The second-order valence-corrected chi connectivity index (χ2v) is 8.96. The number of halogens is 1. The zero-order valence-electron chi connectivity index (χ0n) is 19.9. The smallest absolute Gasteiger partial charge is 0.0730 e. The van der Waals surface area contributed by atoms with E-state index in [-0.39, 0.29) is 0 Å². The van der Waals surface area contributed by atoms with Gasteiger partial charge < -0.3 is 15.5 Å². The number of aromatic nitrogens is 1. The molecule has 4 nitrogen and oxygen atoms in total. The van der Waals surface area contributed by atoms with Gasteiger partial charge in [0.05, 0.1) is 16.2 Å². The SMILES string of the molecule is C=C(CCCC)N1CCN(C)CC1.C=Cc1ccc2c(Cl)cc(-c3ccc(N)cc3)nc2c1. The van der Waals surface area contributed by atoms with Gasteiger partial charge in [-0.05, 0) is 49.7 Å². The molecular weight excluding hydrogens is 428 g/mol. The maximum atomic E-state index is 6.35. The molecule has 1 aromatic heterocycles. The molecule has 0 radical (unpaired) electrons. The second kappa shape index (κ2) is 11.9. The number of pyridine rings is 1. The van der Waals surface area contributed by atoms with Crippen LogP contribution in [0.25, 0.3) is 28.2 Å². The summed E-state index contributed by atoms with van der Waals surface area (Å²) in [6, 6.07) is 15.4. The number of nitrogen functional groups attached to an aromatic ring is 1. The predicted molar refractivity (Wildman–Crippen MR) is 144 cm³/mol. The van der Waals surface area contributed by atoms with Crippen molar-refractivity contribution in [1.82, 2.24) is 14.8 Å². The Morgan fingerprint density at radius 3 is 2.42 bits per heavy atom. The summed E-state index contributed by atoms with van der Waals surface area (Å²) in [6.45, 7) is 14.9. The Hall–Kier alpha value is -2.82. The maximum absolute atomic E-state index is 6.35. The molecule has 0 bridgehead atoms. The molecule has 3 aromatic rings. The lowest BCUT2D eigenvalue weighted by Crippen LogP contribution is -2.43. The summed E-state index contributed by atoms with van der Waals surface area (Å²) in [5.74, 6) is 0. The Morgan fingerprint density at radius 1 is 1.09 bits per heavy atom. The van der Waals surface area contributed by atoms with Crippen LogP contribution >= 0.6 is 11.6 Å². The van der Waals surface area contributed by atoms with Gasteiger partial charge in [-0.3, -0.25) is 0 Å². The highest BCUT2D eigenvalue weighted by atomic mass is 35.5. The van der Waals surface area contributed by atoms with E-state index in [4.69, 9.17) is 17.3 Å². The van der Waals surface area contributed by atoms with Crippen LogP contribution in [-0.2, 0) is 0 Å². The number of anilines is 1. The van der Waals surface area contributed by atoms with Crippen LogP contribution < -0.4 is 5.73 Å². The highest BCUT2D eigenvalue weighted by Crippen LogP contribution is 2.29. The Labute approximate surface area is 203 Å². The van der Waals surface area contributed by atoms with Gasteiger partial charge in [0.2, 0.25) is 0 Å². The Bertz CT molecular complexity index is 1080. The van der Waals surface area contributed by atoms with E-state index in [9.17, 15) is 0 Å². The number of fused-ring (bicyclic) bond motifs is 1. The van der Waals surface area contributed by atoms with E-state index >= 15 is 0 Å². The first-order valence-electron chi connectivity index (χ1n) is 11.6. The van der Waals surface area contributed by atoms with Crippen molar-refractivity contribution < 1.29 is 0 Å². The van der Waals surface area contributed by atoms with E-state index in [1.165, 1.54) is 51.1 Å². The van der Waals surface area contributed by atoms with Gasteiger partial charge in [0.25, 0.3) is 0 Å². The van der Waals surface area contributed by atoms with E-state index in [0.29, 0.717) is 5.02 Å². The van der Waals surface area contributed by atoms with Crippen LogP contribution in [0.2, 0.25) is 5.02 Å². The van der Waals surface area contributed by atoms with Gasteiger partial charge in [0.1, 0.15) is 0 Å². The van der Waals surface area contributed by atoms with Gasteiger partial charge in [-0.1, -0.05) is 68.4 Å². The molecule has 2 N–H and O–H groups in total. The van der Waals surface area contributed by atoms with Crippen molar-refractivity contribution in [3.05, 3.63) is 78.0 Å². The number of nitrogens with zero attached hydrogens (tertiary/aromatic N) is 3. The van der Waals surface area contributed by atoms with Gasteiger partial charge in [-0.2, -0.15) is 0 Å². The van der Waals surface area contributed by atoms with Crippen LogP contribution in [0, 0.1) is 0 Å². The number of piperazine rings is 1. The summed E-state index contributed by atoms with van der Waals surface area (Å²) in [6.07, 6.45) is 5.53.